The van der Waals surface area contributed by atoms with E-state index >= 15 is 0 Å². The van der Waals surface area contributed by atoms with Gasteiger partial charge in [0.15, 0.2) is 0 Å². The molecule has 0 amide bonds. The number of hydrogen-bond donors (Lipinski definition) is 1. The lowest BCUT2D eigenvalue weighted by molar-refractivity contribution is 0.372. The summed E-state index contributed by atoms with van der Waals surface area (Å²) in [6, 6.07) is 3.92. The van der Waals surface area contributed by atoms with E-state index in [2.05, 4.69) is 21.2 Å². The molecule has 0 radical (unpaired) electrons. The van der Waals surface area contributed by atoms with Gasteiger partial charge < -0.3 is 5.32 Å². The first-order chi connectivity index (χ1) is 7.68. The van der Waals surface area contributed by atoms with Gasteiger partial charge in [-0.1, -0.05) is 12.1 Å². The molecule has 1 N–H and O–H groups in total. The zero-order chi connectivity index (χ0) is 11.5. The van der Waals surface area contributed by atoms with Crippen molar-refractivity contribution in [3.63, 3.8) is 0 Å². The fourth-order valence-corrected chi connectivity index (χ4v) is 2.85. The van der Waals surface area contributed by atoms with Gasteiger partial charge in [-0.3, -0.25) is 0 Å². The van der Waals surface area contributed by atoms with Crippen molar-refractivity contribution < 1.29 is 4.39 Å². The summed E-state index contributed by atoms with van der Waals surface area (Å²) in [5.41, 5.74) is 1.82. The minimum atomic E-state index is -0.105. The molecule has 0 aliphatic carbocycles. The van der Waals surface area contributed by atoms with Crippen LogP contribution in [0.15, 0.2) is 16.6 Å². The third-order valence-electron chi connectivity index (χ3n) is 3.32. The molecule has 1 saturated heterocycles. The van der Waals surface area contributed by atoms with Gasteiger partial charge in [0.25, 0.3) is 0 Å². The lowest BCUT2D eigenvalue weighted by Gasteiger charge is -2.23. The van der Waals surface area contributed by atoms with Crippen LogP contribution in [0.1, 0.15) is 24.0 Å². The molecule has 1 fully saturated rings. The Hall–Kier alpha value is -0.410. The van der Waals surface area contributed by atoms with Crippen LogP contribution in [0, 0.1) is 18.7 Å². The smallest absolute Gasteiger partial charge is 0.140 e. The highest BCUT2D eigenvalue weighted by molar-refractivity contribution is 9.10. The molecule has 0 bridgehead atoms. The lowest BCUT2D eigenvalue weighted by Crippen LogP contribution is -2.28. The van der Waals surface area contributed by atoms with Crippen molar-refractivity contribution in [2.45, 2.75) is 26.2 Å². The summed E-state index contributed by atoms with van der Waals surface area (Å²) < 4.78 is 14.3. The molecular weight excluding hydrogens is 269 g/mol. The highest BCUT2D eigenvalue weighted by Crippen LogP contribution is 2.27. The number of nitrogens with one attached hydrogen (secondary N) is 1. The van der Waals surface area contributed by atoms with Crippen LogP contribution in [0.4, 0.5) is 4.39 Å². The second-order valence-electron chi connectivity index (χ2n) is 4.57. The van der Waals surface area contributed by atoms with Crippen LogP contribution < -0.4 is 5.32 Å². The predicted molar refractivity (Wildman–Crippen MR) is 68.1 cm³/mol. The number of piperidine rings is 1. The molecule has 0 aromatic heterocycles. The quantitative estimate of drug-likeness (QED) is 0.878. The normalized spacial score (nSPS) is 17.7. The van der Waals surface area contributed by atoms with E-state index < -0.39 is 0 Å². The summed E-state index contributed by atoms with van der Waals surface area (Å²) in [5, 5.41) is 3.35. The minimum Gasteiger partial charge on any atom is -0.317 e. The Morgan fingerprint density at radius 2 is 2.06 bits per heavy atom. The van der Waals surface area contributed by atoms with Crippen LogP contribution in [0.3, 0.4) is 0 Å². The molecule has 1 heterocycles. The average Bonchev–Trinajstić information content (AvgIpc) is 2.31. The topological polar surface area (TPSA) is 12.0 Å². The van der Waals surface area contributed by atoms with Crippen molar-refractivity contribution in [3.05, 3.63) is 33.5 Å². The Morgan fingerprint density at radius 3 is 2.75 bits per heavy atom. The molecule has 0 saturated carbocycles. The highest BCUT2D eigenvalue weighted by Gasteiger charge is 2.16. The summed E-state index contributed by atoms with van der Waals surface area (Å²) in [4.78, 5) is 0. The van der Waals surface area contributed by atoms with Crippen molar-refractivity contribution >= 4 is 15.9 Å². The number of rotatable bonds is 2. The predicted octanol–water partition coefficient (Wildman–Crippen LogP) is 3.44. The first-order valence-electron chi connectivity index (χ1n) is 5.82. The van der Waals surface area contributed by atoms with Gasteiger partial charge in [0.2, 0.25) is 0 Å². The van der Waals surface area contributed by atoms with E-state index in [1.807, 2.05) is 12.1 Å². The summed E-state index contributed by atoms with van der Waals surface area (Å²) in [6.07, 6.45) is 3.38. The van der Waals surface area contributed by atoms with E-state index in [9.17, 15) is 4.39 Å². The molecule has 1 aliphatic rings. The minimum absolute atomic E-state index is 0.105. The Labute approximate surface area is 105 Å². The van der Waals surface area contributed by atoms with Crippen LogP contribution in [-0.4, -0.2) is 13.1 Å². The van der Waals surface area contributed by atoms with Gasteiger partial charge in [0.05, 0.1) is 4.47 Å². The van der Waals surface area contributed by atoms with Crippen LogP contribution in [0.25, 0.3) is 0 Å². The fourth-order valence-electron chi connectivity index (χ4n) is 2.24. The summed E-state index contributed by atoms with van der Waals surface area (Å²) in [7, 11) is 0. The van der Waals surface area contributed by atoms with E-state index in [0.29, 0.717) is 16.0 Å². The Kier molecular flexibility index (Phi) is 3.98. The molecule has 1 aromatic carbocycles. The maximum absolute atomic E-state index is 13.7. The number of hydrogen-bond acceptors (Lipinski definition) is 1. The van der Waals surface area contributed by atoms with Crippen LogP contribution in [0.5, 0.6) is 0 Å². The first-order valence-corrected chi connectivity index (χ1v) is 6.62. The SMILES string of the molecule is Cc1ccc(CC2CCNCC2)c(Br)c1F. The molecule has 0 spiro atoms. The molecule has 1 aliphatic heterocycles. The monoisotopic (exact) mass is 285 g/mol. The van der Waals surface area contributed by atoms with Crippen molar-refractivity contribution in [1.82, 2.24) is 5.32 Å². The average molecular weight is 286 g/mol. The molecule has 16 heavy (non-hydrogen) atoms. The first kappa shape index (κ1) is 12.1. The zero-order valence-corrected chi connectivity index (χ0v) is 11.1. The lowest BCUT2D eigenvalue weighted by atomic mass is 9.91. The van der Waals surface area contributed by atoms with Gasteiger partial charge in [0, 0.05) is 0 Å². The highest BCUT2D eigenvalue weighted by atomic mass is 79.9. The van der Waals surface area contributed by atoms with Gasteiger partial charge in [-0.25, -0.2) is 4.39 Å². The van der Waals surface area contributed by atoms with E-state index in [-0.39, 0.29) is 5.82 Å². The van der Waals surface area contributed by atoms with Crippen molar-refractivity contribution in [1.29, 1.82) is 0 Å². The van der Waals surface area contributed by atoms with Gasteiger partial charge >= 0.3 is 0 Å². The van der Waals surface area contributed by atoms with E-state index in [4.69, 9.17) is 0 Å². The Morgan fingerprint density at radius 1 is 1.38 bits per heavy atom. The second kappa shape index (κ2) is 5.28. The van der Waals surface area contributed by atoms with Gasteiger partial charge in [0.1, 0.15) is 5.82 Å². The molecular formula is C13H17BrFN. The maximum atomic E-state index is 13.7. The third-order valence-corrected chi connectivity index (χ3v) is 4.18. The second-order valence-corrected chi connectivity index (χ2v) is 5.36. The van der Waals surface area contributed by atoms with Crippen molar-refractivity contribution in [3.8, 4) is 0 Å². The molecule has 0 atom stereocenters. The van der Waals surface area contributed by atoms with Gasteiger partial charge in [-0.15, -0.1) is 0 Å². The van der Waals surface area contributed by atoms with Crippen LogP contribution >= 0.6 is 15.9 Å². The summed E-state index contributed by atoms with van der Waals surface area (Å²) in [5.74, 6) is 0.589. The number of aryl methyl sites for hydroxylation is 1. The van der Waals surface area contributed by atoms with E-state index in [0.717, 1.165) is 25.1 Å². The van der Waals surface area contributed by atoms with Crippen molar-refractivity contribution in [2.75, 3.05) is 13.1 Å². The number of halogens is 2. The van der Waals surface area contributed by atoms with Gasteiger partial charge in [-0.2, -0.15) is 0 Å². The third kappa shape index (κ3) is 2.64. The van der Waals surface area contributed by atoms with E-state index in [1.54, 1.807) is 6.92 Å². The molecule has 2 rings (SSSR count). The van der Waals surface area contributed by atoms with Crippen LogP contribution in [-0.2, 0) is 6.42 Å². The number of benzene rings is 1. The zero-order valence-electron chi connectivity index (χ0n) is 9.52. The largest absolute Gasteiger partial charge is 0.317 e. The molecule has 1 aromatic rings. The van der Waals surface area contributed by atoms with Crippen molar-refractivity contribution in [2.24, 2.45) is 5.92 Å². The summed E-state index contributed by atoms with van der Waals surface area (Å²) in [6.45, 7) is 3.99. The molecule has 1 nitrogen and oxygen atoms in total. The van der Waals surface area contributed by atoms with E-state index in [1.165, 1.54) is 12.8 Å². The fraction of sp³-hybridized carbons (Fsp3) is 0.538. The summed E-state index contributed by atoms with van der Waals surface area (Å²) >= 11 is 3.37. The van der Waals surface area contributed by atoms with Gasteiger partial charge in [-0.05, 0) is 72.3 Å². The molecule has 3 heteroatoms. The molecule has 0 unspecified atom stereocenters. The Bertz CT molecular complexity index is 372. The molecule has 88 valence electrons. The maximum Gasteiger partial charge on any atom is 0.140 e. The standard InChI is InChI=1S/C13H17BrFN/c1-9-2-3-11(12(14)13(9)15)8-10-4-6-16-7-5-10/h2-3,10,16H,4-8H2,1H3. The van der Waals surface area contributed by atoms with Crippen LogP contribution in [0.2, 0.25) is 0 Å². The Balaban J connectivity index is 2.11.